The normalized spacial score (nSPS) is 16.4. The van der Waals surface area contributed by atoms with Crippen molar-refractivity contribution in [1.29, 1.82) is 0 Å². The van der Waals surface area contributed by atoms with Crippen LogP contribution in [-0.2, 0) is 24.4 Å². The van der Waals surface area contributed by atoms with E-state index in [2.05, 4.69) is 39.6 Å². The first-order chi connectivity index (χ1) is 15.1. The van der Waals surface area contributed by atoms with Gasteiger partial charge in [-0.15, -0.1) is 0 Å². The molecule has 1 fully saturated rings. The molecule has 6 heteroatoms. The van der Waals surface area contributed by atoms with Crippen LogP contribution in [0, 0.1) is 13.8 Å². The van der Waals surface area contributed by atoms with Gasteiger partial charge in [-0.1, -0.05) is 47.6 Å². The molecule has 162 valence electrons. The molecule has 1 aromatic heterocycles. The molecule has 2 aromatic carbocycles. The smallest absolute Gasteiger partial charge is 0.224 e. The number of hydrogen-bond donors (Lipinski definition) is 1. The van der Waals surface area contributed by atoms with Crippen LogP contribution in [0.2, 0.25) is 0 Å². The number of aromatic nitrogens is 1. The third-order valence-electron chi connectivity index (χ3n) is 5.74. The molecular weight excluding hydrogens is 390 g/mol. The van der Waals surface area contributed by atoms with E-state index in [-0.39, 0.29) is 11.9 Å². The van der Waals surface area contributed by atoms with Gasteiger partial charge in [0.05, 0.1) is 17.7 Å². The standard InChI is InChI=1S/C25H29N3O3/c1-18-24(19(2)31-27-18)17-30-23-10-8-20(9-11-23)14-25(29)26-22-12-13-28(16-22)15-21-6-4-3-5-7-21/h3-11,22H,12-17H2,1-2H3,(H,26,29)/t22-/m1/s1. The fraction of sp³-hybridized carbons (Fsp3) is 0.360. The van der Waals surface area contributed by atoms with E-state index in [1.165, 1.54) is 5.56 Å². The van der Waals surface area contributed by atoms with E-state index in [1.54, 1.807) is 0 Å². The zero-order valence-corrected chi connectivity index (χ0v) is 18.1. The van der Waals surface area contributed by atoms with Crippen LogP contribution in [-0.4, -0.2) is 35.1 Å². The van der Waals surface area contributed by atoms with Crippen molar-refractivity contribution in [3.63, 3.8) is 0 Å². The van der Waals surface area contributed by atoms with E-state index in [0.717, 1.165) is 54.4 Å². The Balaban J connectivity index is 1.22. The van der Waals surface area contributed by atoms with Gasteiger partial charge in [-0.2, -0.15) is 0 Å². The predicted molar refractivity (Wildman–Crippen MR) is 119 cm³/mol. The number of hydrogen-bond acceptors (Lipinski definition) is 5. The van der Waals surface area contributed by atoms with Crippen LogP contribution in [0.15, 0.2) is 59.1 Å². The third-order valence-corrected chi connectivity index (χ3v) is 5.74. The van der Waals surface area contributed by atoms with Gasteiger partial charge in [0.25, 0.3) is 0 Å². The van der Waals surface area contributed by atoms with Gasteiger partial charge in [-0.05, 0) is 43.5 Å². The van der Waals surface area contributed by atoms with Crippen molar-refractivity contribution in [2.75, 3.05) is 13.1 Å². The van der Waals surface area contributed by atoms with Gasteiger partial charge in [-0.25, -0.2) is 0 Å². The van der Waals surface area contributed by atoms with E-state index in [0.29, 0.717) is 13.0 Å². The molecule has 0 bridgehead atoms. The largest absolute Gasteiger partial charge is 0.489 e. The van der Waals surface area contributed by atoms with Crippen LogP contribution < -0.4 is 10.1 Å². The quantitative estimate of drug-likeness (QED) is 0.602. The summed E-state index contributed by atoms with van der Waals surface area (Å²) in [6.07, 6.45) is 1.37. The molecule has 0 unspecified atom stereocenters. The zero-order chi connectivity index (χ0) is 21.6. The van der Waals surface area contributed by atoms with Crippen molar-refractivity contribution >= 4 is 5.91 Å². The lowest BCUT2D eigenvalue weighted by molar-refractivity contribution is -0.121. The Kier molecular flexibility index (Phi) is 6.67. The summed E-state index contributed by atoms with van der Waals surface area (Å²) in [6, 6.07) is 18.4. The highest BCUT2D eigenvalue weighted by atomic mass is 16.5. The van der Waals surface area contributed by atoms with Gasteiger partial charge in [0.2, 0.25) is 5.91 Å². The highest BCUT2D eigenvalue weighted by molar-refractivity contribution is 5.79. The average molecular weight is 420 g/mol. The lowest BCUT2D eigenvalue weighted by Crippen LogP contribution is -2.37. The second-order valence-electron chi connectivity index (χ2n) is 8.19. The average Bonchev–Trinajstić information content (AvgIpc) is 3.34. The third kappa shape index (κ3) is 5.73. The number of nitrogens with zero attached hydrogens (tertiary/aromatic N) is 2. The summed E-state index contributed by atoms with van der Waals surface area (Å²) in [5, 5.41) is 7.12. The first kappa shape index (κ1) is 21.1. The van der Waals surface area contributed by atoms with Gasteiger partial charge in [0.1, 0.15) is 18.1 Å². The van der Waals surface area contributed by atoms with Crippen molar-refractivity contribution in [3.05, 3.63) is 82.7 Å². The van der Waals surface area contributed by atoms with Crippen molar-refractivity contribution in [2.45, 2.75) is 45.9 Å². The maximum absolute atomic E-state index is 12.5. The number of carbonyl (C=O) groups excluding carboxylic acids is 1. The Morgan fingerprint density at radius 3 is 2.61 bits per heavy atom. The van der Waals surface area contributed by atoms with Gasteiger partial charge in [-0.3, -0.25) is 9.69 Å². The zero-order valence-electron chi connectivity index (χ0n) is 18.1. The number of carbonyl (C=O) groups is 1. The number of ether oxygens (including phenoxy) is 1. The molecule has 1 aliphatic heterocycles. The number of aryl methyl sites for hydroxylation is 2. The van der Waals surface area contributed by atoms with Crippen molar-refractivity contribution in [1.82, 2.24) is 15.4 Å². The monoisotopic (exact) mass is 419 g/mol. The molecule has 0 aliphatic carbocycles. The highest BCUT2D eigenvalue weighted by Crippen LogP contribution is 2.18. The molecule has 1 atom stereocenters. The lowest BCUT2D eigenvalue weighted by Gasteiger charge is -2.17. The second-order valence-corrected chi connectivity index (χ2v) is 8.19. The molecule has 1 amide bonds. The number of nitrogens with one attached hydrogen (secondary N) is 1. The van der Waals surface area contributed by atoms with E-state index < -0.39 is 0 Å². The van der Waals surface area contributed by atoms with Gasteiger partial charge >= 0.3 is 0 Å². The predicted octanol–water partition coefficient (Wildman–Crippen LogP) is 3.80. The molecule has 1 N–H and O–H groups in total. The summed E-state index contributed by atoms with van der Waals surface area (Å²) in [4.78, 5) is 14.9. The van der Waals surface area contributed by atoms with E-state index >= 15 is 0 Å². The first-order valence-corrected chi connectivity index (χ1v) is 10.8. The van der Waals surface area contributed by atoms with E-state index in [1.807, 2.05) is 44.2 Å². The summed E-state index contributed by atoms with van der Waals surface area (Å²) in [7, 11) is 0. The fourth-order valence-electron chi connectivity index (χ4n) is 3.97. The van der Waals surface area contributed by atoms with Gasteiger partial charge in [0.15, 0.2) is 0 Å². The minimum absolute atomic E-state index is 0.0657. The first-order valence-electron chi connectivity index (χ1n) is 10.8. The number of rotatable bonds is 8. The van der Waals surface area contributed by atoms with Gasteiger partial charge in [0, 0.05) is 25.7 Å². The second kappa shape index (κ2) is 9.79. The Labute approximate surface area is 183 Å². The molecule has 3 aromatic rings. The minimum atomic E-state index is 0.0657. The minimum Gasteiger partial charge on any atom is -0.489 e. The molecule has 0 saturated carbocycles. The Hall–Kier alpha value is -3.12. The molecule has 4 rings (SSSR count). The molecule has 6 nitrogen and oxygen atoms in total. The van der Waals surface area contributed by atoms with Gasteiger partial charge < -0.3 is 14.6 Å². The SMILES string of the molecule is Cc1noc(C)c1COc1ccc(CC(=O)N[C@@H]2CCN(Cc3ccccc3)C2)cc1. The fourth-order valence-corrected chi connectivity index (χ4v) is 3.97. The molecule has 1 aliphatic rings. The van der Waals surface area contributed by atoms with Crippen LogP contribution in [0.4, 0.5) is 0 Å². The Morgan fingerprint density at radius 2 is 1.90 bits per heavy atom. The molecule has 31 heavy (non-hydrogen) atoms. The van der Waals surface area contributed by atoms with Crippen LogP contribution in [0.5, 0.6) is 5.75 Å². The van der Waals surface area contributed by atoms with Crippen molar-refractivity contribution in [2.24, 2.45) is 0 Å². The van der Waals surface area contributed by atoms with Crippen LogP contribution in [0.3, 0.4) is 0 Å². The lowest BCUT2D eigenvalue weighted by atomic mass is 10.1. The summed E-state index contributed by atoms with van der Waals surface area (Å²) in [5.41, 5.74) is 4.11. The molecule has 1 saturated heterocycles. The van der Waals surface area contributed by atoms with Crippen LogP contribution in [0.25, 0.3) is 0 Å². The van der Waals surface area contributed by atoms with Crippen LogP contribution >= 0.6 is 0 Å². The molecule has 0 spiro atoms. The Morgan fingerprint density at radius 1 is 1.13 bits per heavy atom. The summed E-state index contributed by atoms with van der Waals surface area (Å²) in [6.45, 7) is 7.05. The highest BCUT2D eigenvalue weighted by Gasteiger charge is 2.23. The van der Waals surface area contributed by atoms with Crippen molar-refractivity contribution in [3.8, 4) is 5.75 Å². The van der Waals surface area contributed by atoms with E-state index in [9.17, 15) is 4.79 Å². The summed E-state index contributed by atoms with van der Waals surface area (Å²) >= 11 is 0. The number of likely N-dealkylation sites (tertiary alicyclic amines) is 1. The number of amides is 1. The molecule has 2 heterocycles. The molecule has 0 radical (unpaired) electrons. The van der Waals surface area contributed by atoms with E-state index in [4.69, 9.17) is 9.26 Å². The topological polar surface area (TPSA) is 67.6 Å². The maximum Gasteiger partial charge on any atom is 0.224 e. The molecular formula is C25H29N3O3. The van der Waals surface area contributed by atoms with Crippen LogP contribution in [0.1, 0.15) is 34.6 Å². The summed E-state index contributed by atoms with van der Waals surface area (Å²) < 4.78 is 11.0. The number of benzene rings is 2. The summed E-state index contributed by atoms with van der Waals surface area (Å²) in [5.74, 6) is 1.60. The van der Waals surface area contributed by atoms with Crippen molar-refractivity contribution < 1.29 is 14.1 Å². The Bertz CT molecular complexity index is 979. The maximum atomic E-state index is 12.5.